The summed E-state index contributed by atoms with van der Waals surface area (Å²) in [7, 11) is -4.70. The molecule has 5 nitrogen and oxygen atoms in total. The highest BCUT2D eigenvalue weighted by atomic mass is 35.5. The number of halogens is 2. The van der Waals surface area contributed by atoms with Crippen LogP contribution >= 0.6 is 11.6 Å². The van der Waals surface area contributed by atoms with Crippen LogP contribution in [0.25, 0.3) is 12.2 Å². The number of allylic oxidation sites excluding steroid dienone is 2. The van der Waals surface area contributed by atoms with Gasteiger partial charge >= 0.3 is 10.2 Å². The maximum Gasteiger partial charge on any atom is 0.332 e. The van der Waals surface area contributed by atoms with E-state index in [1.54, 1.807) is 24.3 Å². The first-order chi connectivity index (χ1) is 11.3. The summed E-state index contributed by atoms with van der Waals surface area (Å²) < 4.78 is 34.2. The van der Waals surface area contributed by atoms with E-state index in [0.717, 1.165) is 0 Å². The number of nitro groups is 1. The summed E-state index contributed by atoms with van der Waals surface area (Å²) in [6.07, 6.45) is 6.71. The molecular formula is C16H11ClFNO4S. The summed E-state index contributed by atoms with van der Waals surface area (Å²) in [5.41, 5.74) is 1.21. The molecular weight excluding hydrogens is 357 g/mol. The number of nitrogens with zero attached hydrogens (tertiary/aromatic N) is 1. The van der Waals surface area contributed by atoms with Gasteiger partial charge in [0.05, 0.1) is 14.8 Å². The van der Waals surface area contributed by atoms with Crippen molar-refractivity contribution in [2.24, 2.45) is 0 Å². The summed E-state index contributed by atoms with van der Waals surface area (Å²) in [5, 5.41) is 10.9. The summed E-state index contributed by atoms with van der Waals surface area (Å²) >= 11 is 5.96. The molecule has 0 aliphatic carbocycles. The van der Waals surface area contributed by atoms with Gasteiger partial charge < -0.3 is 0 Å². The highest BCUT2D eigenvalue weighted by molar-refractivity contribution is 7.86. The van der Waals surface area contributed by atoms with Crippen LogP contribution in [0.5, 0.6) is 0 Å². The molecule has 0 amide bonds. The maximum absolute atomic E-state index is 12.8. The highest BCUT2D eigenvalue weighted by Crippen LogP contribution is 2.23. The van der Waals surface area contributed by atoms with Gasteiger partial charge in [-0.1, -0.05) is 48.0 Å². The summed E-state index contributed by atoms with van der Waals surface area (Å²) in [5.74, 6) is 0. The van der Waals surface area contributed by atoms with Crippen molar-refractivity contribution < 1.29 is 17.2 Å². The third kappa shape index (κ3) is 4.74. The molecule has 0 unspecified atom stereocenters. The first-order valence-corrected chi connectivity index (χ1v) is 8.37. The molecule has 124 valence electrons. The quantitative estimate of drug-likeness (QED) is 0.334. The SMILES string of the molecule is O=[N+]([O-])c1ccc(/C=C\C=C\c2ccc(S(=O)(=O)F)cc2)c(Cl)c1. The average molecular weight is 368 g/mol. The number of rotatable bonds is 5. The van der Waals surface area contributed by atoms with Crippen molar-refractivity contribution >= 4 is 39.7 Å². The van der Waals surface area contributed by atoms with Crippen molar-refractivity contribution in [1.29, 1.82) is 0 Å². The molecule has 0 fully saturated rings. The summed E-state index contributed by atoms with van der Waals surface area (Å²) in [4.78, 5) is 9.70. The van der Waals surface area contributed by atoms with E-state index in [1.807, 2.05) is 0 Å². The molecule has 0 aliphatic rings. The number of nitro benzene ring substituents is 1. The van der Waals surface area contributed by atoms with Crippen LogP contribution < -0.4 is 0 Å². The van der Waals surface area contributed by atoms with Crippen LogP contribution in [0.15, 0.2) is 59.5 Å². The first-order valence-electron chi connectivity index (χ1n) is 6.61. The fourth-order valence-corrected chi connectivity index (χ4v) is 2.53. The Morgan fingerprint density at radius 2 is 1.67 bits per heavy atom. The molecule has 0 N–H and O–H groups in total. The largest absolute Gasteiger partial charge is 0.332 e. The lowest BCUT2D eigenvalue weighted by Gasteiger charge is -1.97. The van der Waals surface area contributed by atoms with Gasteiger partial charge in [-0.3, -0.25) is 10.1 Å². The van der Waals surface area contributed by atoms with E-state index in [1.165, 1.54) is 42.5 Å². The second kappa shape index (κ2) is 7.37. The predicted octanol–water partition coefficient (Wildman–Crippen LogP) is 4.63. The minimum Gasteiger partial charge on any atom is -0.258 e. The van der Waals surface area contributed by atoms with Gasteiger partial charge in [0.2, 0.25) is 0 Å². The molecule has 0 radical (unpaired) electrons. The second-order valence-corrected chi connectivity index (χ2v) is 6.44. The predicted molar refractivity (Wildman–Crippen MR) is 90.9 cm³/mol. The molecule has 2 aromatic carbocycles. The van der Waals surface area contributed by atoms with Crippen molar-refractivity contribution in [3.63, 3.8) is 0 Å². The van der Waals surface area contributed by atoms with Crippen LogP contribution in [-0.2, 0) is 10.2 Å². The molecule has 0 heterocycles. The molecule has 2 rings (SSSR count). The topological polar surface area (TPSA) is 77.3 Å². The summed E-state index contributed by atoms with van der Waals surface area (Å²) in [6, 6.07) is 9.43. The van der Waals surface area contributed by atoms with Gasteiger partial charge in [-0.05, 0) is 29.3 Å². The molecule has 0 aromatic heterocycles. The monoisotopic (exact) mass is 367 g/mol. The van der Waals surface area contributed by atoms with Crippen LogP contribution in [0.2, 0.25) is 5.02 Å². The Hall–Kier alpha value is -2.51. The molecule has 2 aromatic rings. The Kier molecular flexibility index (Phi) is 5.48. The van der Waals surface area contributed by atoms with E-state index in [-0.39, 0.29) is 10.7 Å². The molecule has 0 saturated heterocycles. The molecule has 0 saturated carbocycles. The zero-order valence-corrected chi connectivity index (χ0v) is 13.7. The van der Waals surface area contributed by atoms with Crippen molar-refractivity contribution in [2.75, 3.05) is 0 Å². The van der Waals surface area contributed by atoms with E-state index in [4.69, 9.17) is 11.6 Å². The summed E-state index contributed by atoms with van der Waals surface area (Å²) in [6.45, 7) is 0. The zero-order valence-electron chi connectivity index (χ0n) is 12.1. The normalized spacial score (nSPS) is 12.1. The van der Waals surface area contributed by atoms with Crippen molar-refractivity contribution in [1.82, 2.24) is 0 Å². The molecule has 0 spiro atoms. The lowest BCUT2D eigenvalue weighted by molar-refractivity contribution is -0.384. The van der Waals surface area contributed by atoms with Gasteiger partial charge in [0.1, 0.15) is 0 Å². The van der Waals surface area contributed by atoms with Gasteiger partial charge in [-0.15, -0.1) is 3.89 Å². The van der Waals surface area contributed by atoms with E-state index in [9.17, 15) is 22.4 Å². The van der Waals surface area contributed by atoms with Crippen LogP contribution in [-0.4, -0.2) is 13.3 Å². The Bertz CT molecular complexity index is 922. The van der Waals surface area contributed by atoms with Crippen LogP contribution in [0, 0.1) is 10.1 Å². The minimum atomic E-state index is -4.70. The Morgan fingerprint density at radius 1 is 1.04 bits per heavy atom. The molecule has 0 bridgehead atoms. The van der Waals surface area contributed by atoms with Crippen LogP contribution in [0.3, 0.4) is 0 Å². The number of hydrogen-bond donors (Lipinski definition) is 0. The highest BCUT2D eigenvalue weighted by Gasteiger charge is 2.10. The van der Waals surface area contributed by atoms with Gasteiger partial charge in [0, 0.05) is 12.1 Å². The maximum atomic E-state index is 12.8. The standard InChI is InChI=1S/C16H11ClFNO4S/c17-16-11-14(19(20)21)8-7-13(16)4-2-1-3-12-5-9-15(10-6-12)24(18,22)23/h1-11H/b3-1+,4-2-. The minimum absolute atomic E-state index is 0.0874. The fraction of sp³-hybridized carbons (Fsp3) is 0. The average Bonchev–Trinajstić information content (AvgIpc) is 2.52. The van der Waals surface area contributed by atoms with Gasteiger partial charge in [0.25, 0.3) is 5.69 Å². The Balaban J connectivity index is 2.08. The molecule has 0 aliphatic heterocycles. The van der Waals surface area contributed by atoms with Gasteiger partial charge in [-0.2, -0.15) is 8.42 Å². The third-order valence-electron chi connectivity index (χ3n) is 3.03. The van der Waals surface area contributed by atoms with Gasteiger partial charge in [-0.25, -0.2) is 0 Å². The lowest BCUT2D eigenvalue weighted by Crippen LogP contribution is -1.90. The van der Waals surface area contributed by atoms with E-state index < -0.39 is 20.0 Å². The zero-order chi connectivity index (χ0) is 17.7. The number of non-ortho nitro benzene ring substituents is 1. The Morgan fingerprint density at radius 3 is 2.21 bits per heavy atom. The van der Waals surface area contributed by atoms with E-state index in [0.29, 0.717) is 11.1 Å². The molecule has 0 atom stereocenters. The smallest absolute Gasteiger partial charge is 0.258 e. The number of benzene rings is 2. The third-order valence-corrected chi connectivity index (χ3v) is 4.19. The van der Waals surface area contributed by atoms with Crippen LogP contribution in [0.1, 0.15) is 11.1 Å². The lowest BCUT2D eigenvalue weighted by atomic mass is 10.1. The van der Waals surface area contributed by atoms with Crippen molar-refractivity contribution in [3.05, 3.63) is 80.9 Å². The van der Waals surface area contributed by atoms with Crippen LogP contribution in [0.4, 0.5) is 9.57 Å². The molecule has 24 heavy (non-hydrogen) atoms. The van der Waals surface area contributed by atoms with E-state index >= 15 is 0 Å². The first kappa shape index (κ1) is 17.8. The Labute approximate surface area is 143 Å². The van der Waals surface area contributed by atoms with Gasteiger partial charge in [0.15, 0.2) is 0 Å². The number of hydrogen-bond acceptors (Lipinski definition) is 4. The van der Waals surface area contributed by atoms with E-state index in [2.05, 4.69) is 0 Å². The van der Waals surface area contributed by atoms with Crippen molar-refractivity contribution in [3.8, 4) is 0 Å². The van der Waals surface area contributed by atoms with Crippen molar-refractivity contribution in [2.45, 2.75) is 4.90 Å². The second-order valence-electron chi connectivity index (χ2n) is 4.69. The fourth-order valence-electron chi connectivity index (χ4n) is 1.83. The molecule has 8 heteroatoms.